The molecule has 0 unspecified atom stereocenters. The van der Waals surface area contributed by atoms with Gasteiger partial charge >= 0.3 is 0 Å². The van der Waals surface area contributed by atoms with Crippen molar-refractivity contribution >= 4 is 10.0 Å². The van der Waals surface area contributed by atoms with Crippen LogP contribution in [-0.4, -0.2) is 30.4 Å². The normalized spacial score (nSPS) is 21.0. The Balaban J connectivity index is 1.91. The quantitative estimate of drug-likeness (QED) is 0.858. The van der Waals surface area contributed by atoms with Crippen molar-refractivity contribution in [2.75, 3.05) is 13.1 Å². The Hall–Kier alpha value is -1.11. The van der Waals surface area contributed by atoms with Gasteiger partial charge in [-0.2, -0.15) is 4.31 Å². The second-order valence-corrected chi connectivity index (χ2v) is 7.61. The summed E-state index contributed by atoms with van der Waals surface area (Å²) in [5.41, 5.74) is 7.90. The van der Waals surface area contributed by atoms with Crippen molar-refractivity contribution in [1.82, 2.24) is 8.87 Å². The lowest BCUT2D eigenvalue weighted by Crippen LogP contribution is -2.34. The van der Waals surface area contributed by atoms with E-state index in [1.807, 2.05) is 17.6 Å². The highest BCUT2D eigenvalue weighted by molar-refractivity contribution is 7.89. The van der Waals surface area contributed by atoms with Crippen molar-refractivity contribution in [1.29, 1.82) is 0 Å². The lowest BCUT2D eigenvalue weighted by Gasteiger charge is -2.24. The SMILES string of the molecule is CC1=CCN(S(=O)(=O)c2cc(CN)n(C3CC3)c2)CC1. The first-order valence-electron chi connectivity index (χ1n) is 7.09. The van der Waals surface area contributed by atoms with Gasteiger partial charge in [-0.15, -0.1) is 0 Å². The van der Waals surface area contributed by atoms with Gasteiger partial charge in [-0.3, -0.25) is 0 Å². The Morgan fingerprint density at radius 2 is 2.15 bits per heavy atom. The fourth-order valence-electron chi connectivity index (χ4n) is 2.61. The van der Waals surface area contributed by atoms with Gasteiger partial charge in [0.1, 0.15) is 4.90 Å². The molecule has 110 valence electrons. The number of hydrogen-bond acceptors (Lipinski definition) is 3. The largest absolute Gasteiger partial charge is 0.346 e. The van der Waals surface area contributed by atoms with Crippen molar-refractivity contribution in [2.45, 2.75) is 43.7 Å². The van der Waals surface area contributed by atoms with Gasteiger partial charge in [-0.05, 0) is 32.3 Å². The predicted molar refractivity (Wildman–Crippen MR) is 77.7 cm³/mol. The molecule has 0 radical (unpaired) electrons. The lowest BCUT2D eigenvalue weighted by atomic mass is 10.1. The van der Waals surface area contributed by atoms with Crippen LogP contribution in [0.15, 0.2) is 28.8 Å². The Labute approximate surface area is 120 Å². The molecule has 0 amide bonds. The average Bonchev–Trinajstić information content (AvgIpc) is 3.18. The molecule has 0 spiro atoms. The summed E-state index contributed by atoms with van der Waals surface area (Å²) < 4.78 is 28.9. The maximum absolute atomic E-state index is 12.7. The van der Waals surface area contributed by atoms with E-state index in [0.29, 0.717) is 30.6 Å². The Bertz CT molecular complexity index is 641. The number of rotatable bonds is 4. The summed E-state index contributed by atoms with van der Waals surface area (Å²) in [6, 6.07) is 2.18. The molecule has 5 nitrogen and oxygen atoms in total. The van der Waals surface area contributed by atoms with Gasteiger partial charge in [0.2, 0.25) is 10.0 Å². The van der Waals surface area contributed by atoms with E-state index in [9.17, 15) is 8.42 Å². The summed E-state index contributed by atoms with van der Waals surface area (Å²) in [5.74, 6) is 0. The molecule has 0 aromatic carbocycles. The van der Waals surface area contributed by atoms with Crippen LogP contribution in [0, 0.1) is 0 Å². The number of nitrogens with zero attached hydrogens (tertiary/aromatic N) is 2. The molecule has 1 aliphatic heterocycles. The monoisotopic (exact) mass is 295 g/mol. The average molecular weight is 295 g/mol. The van der Waals surface area contributed by atoms with Crippen LogP contribution in [0.2, 0.25) is 0 Å². The molecule has 2 heterocycles. The molecular formula is C14H21N3O2S. The first-order chi connectivity index (χ1) is 9.52. The van der Waals surface area contributed by atoms with Gasteiger partial charge in [-0.25, -0.2) is 8.42 Å². The van der Waals surface area contributed by atoms with Crippen LogP contribution >= 0.6 is 0 Å². The zero-order valence-corrected chi connectivity index (χ0v) is 12.6. The highest BCUT2D eigenvalue weighted by atomic mass is 32.2. The van der Waals surface area contributed by atoms with Crippen LogP contribution in [0.1, 0.15) is 37.9 Å². The molecule has 0 atom stereocenters. The molecule has 0 saturated heterocycles. The minimum absolute atomic E-state index is 0.380. The minimum Gasteiger partial charge on any atom is -0.346 e. The zero-order chi connectivity index (χ0) is 14.3. The van der Waals surface area contributed by atoms with Crippen molar-refractivity contribution in [2.24, 2.45) is 5.73 Å². The van der Waals surface area contributed by atoms with Gasteiger partial charge in [0, 0.05) is 37.6 Å². The second kappa shape index (κ2) is 5.02. The van der Waals surface area contributed by atoms with Gasteiger partial charge < -0.3 is 10.3 Å². The first kappa shape index (κ1) is 13.9. The van der Waals surface area contributed by atoms with E-state index in [-0.39, 0.29) is 0 Å². The van der Waals surface area contributed by atoms with E-state index in [1.54, 1.807) is 16.6 Å². The topological polar surface area (TPSA) is 68.3 Å². The molecule has 1 saturated carbocycles. The smallest absolute Gasteiger partial charge is 0.244 e. The summed E-state index contributed by atoms with van der Waals surface area (Å²) in [5, 5.41) is 0. The van der Waals surface area contributed by atoms with Crippen molar-refractivity contribution < 1.29 is 8.42 Å². The van der Waals surface area contributed by atoms with Crippen LogP contribution in [0.4, 0.5) is 0 Å². The summed E-state index contributed by atoms with van der Waals surface area (Å²) in [4.78, 5) is 0.387. The van der Waals surface area contributed by atoms with E-state index in [4.69, 9.17) is 5.73 Å². The Morgan fingerprint density at radius 1 is 1.40 bits per heavy atom. The van der Waals surface area contributed by atoms with Crippen LogP contribution in [0.3, 0.4) is 0 Å². The maximum Gasteiger partial charge on any atom is 0.244 e. The highest BCUT2D eigenvalue weighted by Crippen LogP contribution is 2.37. The first-order valence-corrected chi connectivity index (χ1v) is 8.53. The molecule has 0 bridgehead atoms. The van der Waals surface area contributed by atoms with Gasteiger partial charge in [0.15, 0.2) is 0 Å². The summed E-state index contributed by atoms with van der Waals surface area (Å²) in [6.45, 7) is 3.46. The van der Waals surface area contributed by atoms with Crippen LogP contribution in [0.25, 0.3) is 0 Å². The van der Waals surface area contributed by atoms with Gasteiger partial charge in [0.05, 0.1) is 0 Å². The molecule has 20 heavy (non-hydrogen) atoms. The molecule has 1 aromatic rings. The fourth-order valence-corrected chi connectivity index (χ4v) is 4.05. The molecule has 6 heteroatoms. The van der Waals surface area contributed by atoms with Crippen LogP contribution in [0.5, 0.6) is 0 Å². The summed E-state index contributed by atoms with van der Waals surface area (Å²) >= 11 is 0. The number of nitrogens with two attached hydrogens (primary N) is 1. The highest BCUT2D eigenvalue weighted by Gasteiger charge is 2.31. The minimum atomic E-state index is -3.39. The third kappa shape index (κ3) is 2.43. The molecule has 1 fully saturated rings. The van der Waals surface area contributed by atoms with E-state index >= 15 is 0 Å². The van der Waals surface area contributed by atoms with Crippen LogP contribution < -0.4 is 5.73 Å². The van der Waals surface area contributed by atoms with E-state index in [1.165, 1.54) is 5.57 Å². The molecule has 1 aromatic heterocycles. The van der Waals surface area contributed by atoms with Gasteiger partial charge in [0.25, 0.3) is 0 Å². The number of sulfonamides is 1. The standard InChI is InChI=1S/C14H21N3O2S/c1-11-4-6-16(7-5-11)20(18,19)14-8-13(9-15)17(10-14)12-2-3-12/h4,8,10,12H,2-3,5-7,9,15H2,1H3. The molecule has 2 N–H and O–H groups in total. The third-order valence-electron chi connectivity index (χ3n) is 4.09. The maximum atomic E-state index is 12.7. The molecule has 2 aliphatic rings. The Kier molecular flexibility index (Phi) is 3.48. The summed E-state index contributed by atoms with van der Waals surface area (Å²) in [7, 11) is -3.39. The van der Waals surface area contributed by atoms with E-state index < -0.39 is 10.0 Å². The third-order valence-corrected chi connectivity index (χ3v) is 5.92. The van der Waals surface area contributed by atoms with Gasteiger partial charge in [-0.1, -0.05) is 11.6 Å². The molecular weight excluding hydrogens is 274 g/mol. The summed E-state index contributed by atoms with van der Waals surface area (Å²) in [6.07, 6.45) is 6.80. The zero-order valence-electron chi connectivity index (χ0n) is 11.7. The van der Waals surface area contributed by atoms with Crippen molar-refractivity contribution in [3.8, 4) is 0 Å². The Morgan fingerprint density at radius 3 is 2.70 bits per heavy atom. The predicted octanol–water partition coefficient (Wildman–Crippen LogP) is 1.62. The van der Waals surface area contributed by atoms with E-state index in [2.05, 4.69) is 0 Å². The van der Waals surface area contributed by atoms with Crippen molar-refractivity contribution in [3.05, 3.63) is 29.6 Å². The second-order valence-electron chi connectivity index (χ2n) is 5.67. The fraction of sp³-hybridized carbons (Fsp3) is 0.571. The molecule has 1 aliphatic carbocycles. The van der Waals surface area contributed by atoms with E-state index in [0.717, 1.165) is 25.0 Å². The van der Waals surface area contributed by atoms with Crippen LogP contribution in [-0.2, 0) is 16.6 Å². The molecule has 3 rings (SSSR count). The lowest BCUT2D eigenvalue weighted by molar-refractivity contribution is 0.431. The van der Waals surface area contributed by atoms with Crippen molar-refractivity contribution in [3.63, 3.8) is 0 Å². The number of aromatic nitrogens is 1. The number of hydrogen-bond donors (Lipinski definition) is 1.